The van der Waals surface area contributed by atoms with E-state index < -0.39 is 0 Å². The maximum absolute atomic E-state index is 12.9. The molecule has 2 N–H and O–H groups in total. The van der Waals surface area contributed by atoms with Crippen LogP contribution in [0.1, 0.15) is 40.7 Å². The molecule has 1 saturated heterocycles. The van der Waals surface area contributed by atoms with Crippen molar-refractivity contribution in [3.8, 4) is 0 Å². The van der Waals surface area contributed by atoms with Gasteiger partial charge in [-0.3, -0.25) is 4.79 Å². The summed E-state index contributed by atoms with van der Waals surface area (Å²) in [5, 5.41) is 5.13. The maximum Gasteiger partial charge on any atom is 0.253 e. The van der Waals surface area contributed by atoms with Crippen LogP contribution in [0.2, 0.25) is 0 Å². The largest absolute Gasteiger partial charge is 0.376 e. The van der Waals surface area contributed by atoms with Crippen molar-refractivity contribution >= 4 is 28.2 Å². The van der Waals surface area contributed by atoms with Gasteiger partial charge in [0.15, 0.2) is 5.11 Å². The Morgan fingerprint density at radius 3 is 2.79 bits per heavy atom. The quantitative estimate of drug-likeness (QED) is 0.504. The normalized spacial score (nSPS) is 15.7. The van der Waals surface area contributed by atoms with E-state index in [2.05, 4.69) is 59.4 Å². The molecule has 0 saturated carbocycles. The van der Waals surface area contributed by atoms with Gasteiger partial charge < -0.3 is 19.9 Å². The predicted molar refractivity (Wildman–Crippen MR) is 139 cm³/mol. The molecular formula is C27H33N3O2S. The van der Waals surface area contributed by atoms with Crippen molar-refractivity contribution < 1.29 is 4.74 Å². The zero-order valence-electron chi connectivity index (χ0n) is 19.7. The molecule has 0 bridgehead atoms. The van der Waals surface area contributed by atoms with E-state index in [0.29, 0.717) is 18.2 Å². The highest BCUT2D eigenvalue weighted by atomic mass is 32.1. The van der Waals surface area contributed by atoms with Gasteiger partial charge in [0, 0.05) is 36.2 Å². The van der Waals surface area contributed by atoms with Crippen LogP contribution >= 0.6 is 12.2 Å². The summed E-state index contributed by atoms with van der Waals surface area (Å²) in [6.45, 7) is 8.94. The third-order valence-electron chi connectivity index (χ3n) is 6.30. The molecule has 1 aliphatic rings. The number of benzene rings is 2. The number of rotatable bonds is 7. The Balaban J connectivity index is 1.55. The van der Waals surface area contributed by atoms with E-state index in [9.17, 15) is 4.79 Å². The highest BCUT2D eigenvalue weighted by Crippen LogP contribution is 2.19. The van der Waals surface area contributed by atoms with Gasteiger partial charge in [-0.05, 0) is 81.1 Å². The average Bonchev–Trinajstić information content (AvgIpc) is 3.29. The van der Waals surface area contributed by atoms with Gasteiger partial charge in [-0.1, -0.05) is 35.9 Å². The lowest BCUT2D eigenvalue weighted by atomic mass is 10.0. The highest BCUT2D eigenvalue weighted by Gasteiger charge is 2.18. The summed E-state index contributed by atoms with van der Waals surface area (Å²) in [5.74, 6) is 0. The number of aromatic nitrogens is 1. The molecule has 0 unspecified atom stereocenters. The smallest absolute Gasteiger partial charge is 0.253 e. The van der Waals surface area contributed by atoms with Crippen LogP contribution in [0.5, 0.6) is 0 Å². The van der Waals surface area contributed by atoms with Crippen LogP contribution < -0.4 is 10.9 Å². The molecule has 2 aromatic carbocycles. The molecule has 0 amide bonds. The van der Waals surface area contributed by atoms with Gasteiger partial charge in [0.1, 0.15) is 0 Å². The average molecular weight is 464 g/mol. The predicted octanol–water partition coefficient (Wildman–Crippen LogP) is 4.55. The standard InChI is InChI=1S/C27H33N3O2S/c1-18-6-4-7-21(13-18)9-10-30(27(33)28-16-23-8-5-11-32-23)17-22-15-24-20(3)12-19(2)14-25(24)29-26(22)31/h4,6-7,12-15,23H,5,8-11,16-17H2,1-3H3,(H,28,33)(H,29,31)/t23-/m1/s1. The molecule has 5 nitrogen and oxygen atoms in total. The van der Waals surface area contributed by atoms with E-state index in [-0.39, 0.29) is 11.7 Å². The molecule has 4 rings (SSSR count). The Hall–Kier alpha value is -2.70. The van der Waals surface area contributed by atoms with Crippen molar-refractivity contribution in [3.05, 3.63) is 80.6 Å². The fraction of sp³-hybridized carbons (Fsp3) is 0.407. The van der Waals surface area contributed by atoms with E-state index in [1.807, 2.05) is 19.1 Å². The van der Waals surface area contributed by atoms with Crippen LogP contribution in [0, 0.1) is 20.8 Å². The lowest BCUT2D eigenvalue weighted by Gasteiger charge is -2.27. The summed E-state index contributed by atoms with van der Waals surface area (Å²) < 4.78 is 5.74. The van der Waals surface area contributed by atoms with Gasteiger partial charge in [-0.25, -0.2) is 0 Å². The van der Waals surface area contributed by atoms with Gasteiger partial charge >= 0.3 is 0 Å². The zero-order valence-corrected chi connectivity index (χ0v) is 20.6. The molecule has 1 aliphatic heterocycles. The minimum absolute atomic E-state index is 0.0602. The highest BCUT2D eigenvalue weighted by molar-refractivity contribution is 7.80. The van der Waals surface area contributed by atoms with Crippen LogP contribution in [-0.4, -0.2) is 40.8 Å². The number of thiocarbonyl (C=S) groups is 1. The van der Waals surface area contributed by atoms with E-state index in [1.165, 1.54) is 11.1 Å². The number of ether oxygens (including phenoxy) is 1. The summed E-state index contributed by atoms with van der Waals surface area (Å²) in [6, 6.07) is 14.7. The minimum atomic E-state index is -0.0602. The Bertz CT molecular complexity index is 1200. The number of hydrogen-bond donors (Lipinski definition) is 2. The van der Waals surface area contributed by atoms with E-state index in [4.69, 9.17) is 17.0 Å². The van der Waals surface area contributed by atoms with Crippen LogP contribution in [0.15, 0.2) is 47.3 Å². The van der Waals surface area contributed by atoms with Crippen LogP contribution in [0.4, 0.5) is 0 Å². The lowest BCUT2D eigenvalue weighted by Crippen LogP contribution is -2.43. The van der Waals surface area contributed by atoms with Crippen molar-refractivity contribution in [1.82, 2.24) is 15.2 Å². The fourth-order valence-corrected chi connectivity index (χ4v) is 4.78. The number of aryl methyl sites for hydroxylation is 3. The topological polar surface area (TPSA) is 57.4 Å². The number of hydrogen-bond acceptors (Lipinski definition) is 3. The first kappa shape index (κ1) is 23.5. The van der Waals surface area contributed by atoms with Gasteiger partial charge in [-0.15, -0.1) is 0 Å². The monoisotopic (exact) mass is 463 g/mol. The number of pyridine rings is 1. The summed E-state index contributed by atoms with van der Waals surface area (Å²) in [6.07, 6.45) is 3.22. The molecular weight excluding hydrogens is 430 g/mol. The Labute approximate surface area is 201 Å². The summed E-state index contributed by atoms with van der Waals surface area (Å²) in [4.78, 5) is 18.1. The SMILES string of the molecule is Cc1cccc(CCN(Cc2cc3c(C)cc(C)cc3[nH]c2=O)C(=S)NC[C@H]2CCCO2)c1. The summed E-state index contributed by atoms with van der Waals surface area (Å²) in [7, 11) is 0. The number of H-pyrrole nitrogens is 1. The van der Waals surface area contributed by atoms with Gasteiger partial charge in [0.05, 0.1) is 12.6 Å². The number of nitrogens with zero attached hydrogens (tertiary/aromatic N) is 1. The zero-order chi connectivity index (χ0) is 23.4. The van der Waals surface area contributed by atoms with Gasteiger partial charge in [-0.2, -0.15) is 0 Å². The molecule has 6 heteroatoms. The molecule has 1 aromatic heterocycles. The van der Waals surface area contributed by atoms with Gasteiger partial charge in [0.2, 0.25) is 0 Å². The summed E-state index contributed by atoms with van der Waals surface area (Å²) in [5.41, 5.74) is 6.35. The minimum Gasteiger partial charge on any atom is -0.376 e. The second-order valence-corrected chi connectivity index (χ2v) is 9.54. The third-order valence-corrected chi connectivity index (χ3v) is 6.70. The molecule has 0 radical (unpaired) electrons. The molecule has 0 spiro atoms. The molecule has 2 heterocycles. The molecule has 33 heavy (non-hydrogen) atoms. The Kier molecular flexibility index (Phi) is 7.46. The van der Waals surface area contributed by atoms with E-state index >= 15 is 0 Å². The van der Waals surface area contributed by atoms with Crippen LogP contribution in [-0.2, 0) is 17.7 Å². The van der Waals surface area contributed by atoms with Crippen molar-refractivity contribution in [3.63, 3.8) is 0 Å². The first-order chi connectivity index (χ1) is 15.9. The van der Waals surface area contributed by atoms with Crippen LogP contribution in [0.25, 0.3) is 10.9 Å². The van der Waals surface area contributed by atoms with Crippen LogP contribution in [0.3, 0.4) is 0 Å². The van der Waals surface area contributed by atoms with E-state index in [1.54, 1.807) is 0 Å². The molecule has 174 valence electrons. The number of aromatic amines is 1. The van der Waals surface area contributed by atoms with Crippen molar-refractivity contribution in [2.45, 2.75) is 52.7 Å². The Morgan fingerprint density at radius 1 is 1.18 bits per heavy atom. The van der Waals surface area contributed by atoms with Crippen molar-refractivity contribution in [2.24, 2.45) is 0 Å². The second-order valence-electron chi connectivity index (χ2n) is 9.15. The molecule has 3 aromatic rings. The first-order valence-electron chi connectivity index (χ1n) is 11.7. The van der Waals surface area contributed by atoms with E-state index in [0.717, 1.165) is 60.0 Å². The summed E-state index contributed by atoms with van der Waals surface area (Å²) >= 11 is 5.78. The van der Waals surface area contributed by atoms with Crippen molar-refractivity contribution in [1.29, 1.82) is 0 Å². The molecule has 1 fully saturated rings. The fourth-order valence-electron chi connectivity index (χ4n) is 4.54. The number of fused-ring (bicyclic) bond motifs is 1. The number of nitrogens with one attached hydrogen (secondary N) is 2. The van der Waals surface area contributed by atoms with Crippen molar-refractivity contribution in [2.75, 3.05) is 19.7 Å². The lowest BCUT2D eigenvalue weighted by molar-refractivity contribution is 0.113. The maximum atomic E-state index is 12.9. The molecule has 1 atom stereocenters. The molecule has 0 aliphatic carbocycles. The second kappa shape index (κ2) is 10.5. The van der Waals surface area contributed by atoms with Gasteiger partial charge in [0.25, 0.3) is 5.56 Å². The third kappa shape index (κ3) is 6.01. The Morgan fingerprint density at radius 2 is 2.03 bits per heavy atom. The first-order valence-corrected chi connectivity index (χ1v) is 12.1.